The summed E-state index contributed by atoms with van der Waals surface area (Å²) < 4.78 is 10.8. The topological polar surface area (TPSA) is 112 Å². The standard InChI is InChI=1S/C19H35N6O4/c1-25(15-5-8-24(9-6-15)18(20)21)14-16(29-19(25)27)23-12-10-22(11-13-23)7-3-4-17(26)28-2/h15-16H,3-14H2,1-2H3,(H3,20,21)/q+1. The highest BCUT2D eigenvalue weighted by Gasteiger charge is 2.53. The molecule has 10 heteroatoms. The van der Waals surface area contributed by atoms with Crippen LogP contribution in [-0.2, 0) is 14.3 Å². The molecule has 3 aliphatic rings. The largest absolute Gasteiger partial charge is 0.517 e. The van der Waals surface area contributed by atoms with Gasteiger partial charge in [-0.3, -0.25) is 15.1 Å². The van der Waals surface area contributed by atoms with E-state index in [9.17, 15) is 9.59 Å². The van der Waals surface area contributed by atoms with Gasteiger partial charge >= 0.3 is 12.1 Å². The number of piperidine rings is 1. The van der Waals surface area contributed by atoms with E-state index < -0.39 is 0 Å². The molecule has 3 aliphatic heterocycles. The highest BCUT2D eigenvalue weighted by atomic mass is 16.6. The van der Waals surface area contributed by atoms with E-state index in [0.29, 0.717) is 17.4 Å². The van der Waals surface area contributed by atoms with Gasteiger partial charge in [0, 0.05) is 58.5 Å². The van der Waals surface area contributed by atoms with Crippen molar-refractivity contribution in [3.8, 4) is 0 Å². The van der Waals surface area contributed by atoms with Gasteiger partial charge in [0.15, 0.2) is 5.96 Å². The molecule has 0 bridgehead atoms. The van der Waals surface area contributed by atoms with E-state index in [1.807, 2.05) is 11.9 Å². The van der Waals surface area contributed by atoms with E-state index in [-0.39, 0.29) is 30.3 Å². The lowest BCUT2D eigenvalue weighted by Gasteiger charge is -2.40. The van der Waals surface area contributed by atoms with Crippen molar-refractivity contribution in [3.05, 3.63) is 0 Å². The lowest BCUT2D eigenvalue weighted by atomic mass is 10.0. The minimum Gasteiger partial charge on any atom is -0.469 e. The van der Waals surface area contributed by atoms with E-state index in [1.54, 1.807) is 0 Å². The summed E-state index contributed by atoms with van der Waals surface area (Å²) in [6.07, 6.45) is 2.62. The second kappa shape index (κ2) is 9.27. The van der Waals surface area contributed by atoms with Crippen LogP contribution in [0, 0.1) is 5.41 Å². The quantitative estimate of drug-likeness (QED) is 0.268. The van der Waals surface area contributed by atoms with Crippen LogP contribution >= 0.6 is 0 Å². The molecule has 3 fully saturated rings. The number of likely N-dealkylation sites (N-methyl/N-ethyl adjacent to an activating group) is 1. The van der Waals surface area contributed by atoms with Crippen LogP contribution in [0.4, 0.5) is 4.79 Å². The number of nitrogens with one attached hydrogen (secondary N) is 1. The second-order valence-electron chi connectivity index (χ2n) is 8.45. The normalized spacial score (nSPS) is 29.7. The smallest absolute Gasteiger partial charge is 0.469 e. The minimum absolute atomic E-state index is 0.109. The molecule has 0 aromatic heterocycles. The van der Waals surface area contributed by atoms with E-state index in [0.717, 1.165) is 65.1 Å². The van der Waals surface area contributed by atoms with Gasteiger partial charge < -0.3 is 25.0 Å². The number of hydrogen-bond donors (Lipinski definition) is 2. The number of guanidine groups is 1. The summed E-state index contributed by atoms with van der Waals surface area (Å²) in [5.41, 5.74) is 5.59. The molecule has 0 aliphatic carbocycles. The molecular formula is C19H35N6O4+. The average molecular weight is 412 g/mol. The zero-order valence-corrected chi connectivity index (χ0v) is 17.6. The van der Waals surface area contributed by atoms with Crippen LogP contribution in [0.25, 0.3) is 0 Å². The number of nitrogens with two attached hydrogens (primary N) is 1. The van der Waals surface area contributed by atoms with Gasteiger partial charge in [0.05, 0.1) is 14.2 Å². The van der Waals surface area contributed by atoms with Crippen LogP contribution in [-0.4, -0.2) is 116 Å². The predicted octanol–water partition coefficient (Wildman–Crippen LogP) is -0.162. The first-order chi connectivity index (χ1) is 13.8. The maximum atomic E-state index is 12.8. The Kier molecular flexibility index (Phi) is 6.97. The summed E-state index contributed by atoms with van der Waals surface area (Å²) in [4.78, 5) is 30.5. The van der Waals surface area contributed by atoms with Crippen molar-refractivity contribution in [3.63, 3.8) is 0 Å². The fourth-order valence-corrected chi connectivity index (χ4v) is 4.66. The number of quaternary nitrogens is 1. The SMILES string of the molecule is COC(=O)CCCN1CCN(C2C[N+](C)(C3CCN(C(=N)N)CC3)C(=O)O2)CC1. The zero-order chi connectivity index (χ0) is 21.0. The fourth-order valence-electron chi connectivity index (χ4n) is 4.66. The molecule has 0 saturated carbocycles. The lowest BCUT2D eigenvalue weighted by molar-refractivity contribution is -0.852. The second-order valence-corrected chi connectivity index (χ2v) is 8.45. The van der Waals surface area contributed by atoms with Crippen LogP contribution in [0.3, 0.4) is 0 Å². The van der Waals surface area contributed by atoms with Crippen molar-refractivity contribution >= 4 is 18.0 Å². The Balaban J connectivity index is 1.46. The molecule has 3 N–H and O–H groups in total. The van der Waals surface area contributed by atoms with Crippen LogP contribution in [0.5, 0.6) is 0 Å². The van der Waals surface area contributed by atoms with Crippen LogP contribution in [0.15, 0.2) is 0 Å². The van der Waals surface area contributed by atoms with E-state index in [2.05, 4.69) is 14.5 Å². The number of esters is 1. The molecule has 3 saturated heterocycles. The van der Waals surface area contributed by atoms with Crippen molar-refractivity contribution in [2.45, 2.75) is 38.0 Å². The van der Waals surface area contributed by atoms with Crippen molar-refractivity contribution in [2.24, 2.45) is 5.73 Å². The van der Waals surface area contributed by atoms with E-state index in [4.69, 9.17) is 15.9 Å². The Morgan fingerprint density at radius 1 is 1.24 bits per heavy atom. The Morgan fingerprint density at radius 2 is 1.90 bits per heavy atom. The first kappa shape index (κ1) is 21.8. The van der Waals surface area contributed by atoms with Crippen molar-refractivity contribution in [2.75, 3.05) is 66.5 Å². The van der Waals surface area contributed by atoms with Gasteiger partial charge in [-0.05, 0) is 13.0 Å². The number of nitrogens with zero attached hydrogens (tertiary/aromatic N) is 4. The van der Waals surface area contributed by atoms with Crippen molar-refractivity contribution in [1.82, 2.24) is 14.7 Å². The Morgan fingerprint density at radius 3 is 2.48 bits per heavy atom. The maximum absolute atomic E-state index is 12.8. The summed E-state index contributed by atoms with van der Waals surface area (Å²) in [5.74, 6) is -0.0508. The third-order valence-corrected chi connectivity index (χ3v) is 6.70. The molecule has 3 heterocycles. The Labute approximate surface area is 172 Å². The van der Waals surface area contributed by atoms with Gasteiger partial charge in [-0.1, -0.05) is 0 Å². The molecule has 164 valence electrons. The van der Waals surface area contributed by atoms with Crippen LogP contribution in [0.1, 0.15) is 25.7 Å². The van der Waals surface area contributed by atoms with Gasteiger partial charge in [-0.15, -0.1) is 0 Å². The van der Waals surface area contributed by atoms with E-state index >= 15 is 0 Å². The van der Waals surface area contributed by atoms with Crippen molar-refractivity contribution < 1.29 is 23.5 Å². The summed E-state index contributed by atoms with van der Waals surface area (Å²) >= 11 is 0. The zero-order valence-electron chi connectivity index (χ0n) is 17.6. The average Bonchev–Trinajstić information content (AvgIpc) is 3.04. The monoisotopic (exact) mass is 411 g/mol. The molecule has 3 rings (SSSR count). The number of likely N-dealkylation sites (tertiary alicyclic amines) is 1. The van der Waals surface area contributed by atoms with Crippen LogP contribution < -0.4 is 5.73 Å². The number of amides is 1. The molecule has 10 nitrogen and oxygen atoms in total. The highest BCUT2D eigenvalue weighted by Crippen LogP contribution is 2.30. The minimum atomic E-state index is -0.171. The molecule has 0 aromatic rings. The molecule has 0 aromatic carbocycles. The summed E-state index contributed by atoms with van der Waals surface area (Å²) in [5, 5.41) is 7.58. The van der Waals surface area contributed by atoms with Gasteiger partial charge in [0.2, 0.25) is 6.23 Å². The molecule has 2 atom stereocenters. The number of carbonyl (C=O) groups excluding carboxylic acids is 2. The van der Waals surface area contributed by atoms with Crippen molar-refractivity contribution in [1.29, 1.82) is 5.41 Å². The first-order valence-electron chi connectivity index (χ1n) is 10.5. The number of rotatable bonds is 6. The van der Waals surface area contributed by atoms with Gasteiger partial charge in [-0.25, -0.2) is 4.48 Å². The number of ether oxygens (including phenoxy) is 2. The molecule has 0 spiro atoms. The molecular weight excluding hydrogens is 376 g/mol. The summed E-state index contributed by atoms with van der Waals surface area (Å²) in [6, 6.07) is 0.211. The van der Waals surface area contributed by atoms with Gasteiger partial charge in [0.25, 0.3) is 0 Å². The van der Waals surface area contributed by atoms with Crippen LogP contribution in [0.2, 0.25) is 0 Å². The number of methoxy groups -OCH3 is 1. The summed E-state index contributed by atoms with van der Waals surface area (Å²) in [7, 11) is 3.41. The third kappa shape index (κ3) is 4.99. The van der Waals surface area contributed by atoms with Gasteiger partial charge in [0.1, 0.15) is 12.6 Å². The molecule has 2 unspecified atom stereocenters. The first-order valence-corrected chi connectivity index (χ1v) is 10.5. The summed E-state index contributed by atoms with van der Waals surface area (Å²) in [6.45, 7) is 6.54. The number of carbonyl (C=O) groups is 2. The van der Waals surface area contributed by atoms with E-state index in [1.165, 1.54) is 7.11 Å². The highest BCUT2D eigenvalue weighted by molar-refractivity contribution is 5.74. The molecule has 1 amide bonds. The third-order valence-electron chi connectivity index (χ3n) is 6.70. The van der Waals surface area contributed by atoms with Gasteiger partial charge in [-0.2, -0.15) is 4.79 Å². The fraction of sp³-hybridized carbons (Fsp3) is 0.842. The number of piperazine rings is 1. The number of hydrogen-bond acceptors (Lipinski definition) is 7. The predicted molar refractivity (Wildman–Crippen MR) is 107 cm³/mol. The molecule has 29 heavy (non-hydrogen) atoms. The number of cyclic esters (lactones) is 1. The Hall–Kier alpha value is -1.91. The Bertz CT molecular complexity index is 616. The maximum Gasteiger partial charge on any atom is 0.517 e. The molecule has 0 radical (unpaired) electrons. The lowest BCUT2D eigenvalue weighted by Crippen LogP contribution is -2.59.